The van der Waals surface area contributed by atoms with Crippen LogP contribution >= 0.6 is 0 Å². The van der Waals surface area contributed by atoms with Gasteiger partial charge in [-0.2, -0.15) is 4.31 Å². The van der Waals surface area contributed by atoms with Crippen molar-refractivity contribution in [1.29, 1.82) is 0 Å². The molecule has 1 unspecified atom stereocenters. The van der Waals surface area contributed by atoms with Crippen LogP contribution in [-0.4, -0.2) is 67.5 Å². The Labute approximate surface area is 134 Å². The number of carbonyl (C=O) groups excluding carboxylic acids is 2. The van der Waals surface area contributed by atoms with Gasteiger partial charge in [0.05, 0.1) is 30.1 Å². The molecule has 1 saturated heterocycles. The van der Waals surface area contributed by atoms with E-state index in [0.29, 0.717) is 30.9 Å². The van der Waals surface area contributed by atoms with Gasteiger partial charge >= 0.3 is 0 Å². The van der Waals surface area contributed by atoms with Crippen molar-refractivity contribution >= 4 is 21.8 Å². The molecule has 2 aliphatic heterocycles. The first kappa shape index (κ1) is 16.1. The molecule has 0 bridgehead atoms. The SMILES string of the molecule is CC1COCCN1S(=O)(=O)CCN1C(=O)c2ccccc2C1=O. The van der Waals surface area contributed by atoms with E-state index < -0.39 is 21.8 Å². The Hall–Kier alpha value is -1.77. The monoisotopic (exact) mass is 338 g/mol. The van der Waals surface area contributed by atoms with Gasteiger partial charge in [0.15, 0.2) is 0 Å². The highest BCUT2D eigenvalue weighted by atomic mass is 32.2. The third-order valence-electron chi connectivity index (χ3n) is 4.12. The van der Waals surface area contributed by atoms with Crippen molar-refractivity contribution in [2.45, 2.75) is 13.0 Å². The number of rotatable bonds is 4. The second kappa shape index (κ2) is 6.03. The minimum atomic E-state index is -3.55. The molecule has 1 atom stereocenters. The summed E-state index contributed by atoms with van der Waals surface area (Å²) in [5.41, 5.74) is 0.657. The molecule has 2 heterocycles. The van der Waals surface area contributed by atoms with Gasteiger partial charge in [-0.15, -0.1) is 0 Å². The molecule has 0 saturated carbocycles. The minimum absolute atomic E-state index is 0.140. The van der Waals surface area contributed by atoms with Gasteiger partial charge in [0.25, 0.3) is 11.8 Å². The standard InChI is InChI=1S/C15H18N2O5S/c1-11-10-22-8-6-17(11)23(20,21)9-7-16-14(18)12-4-2-3-5-13(12)15(16)19/h2-5,11H,6-10H2,1H3. The average molecular weight is 338 g/mol. The molecule has 8 heteroatoms. The van der Waals surface area contributed by atoms with Gasteiger partial charge in [0, 0.05) is 19.1 Å². The summed E-state index contributed by atoms with van der Waals surface area (Å²) in [4.78, 5) is 25.5. The van der Waals surface area contributed by atoms with E-state index in [1.54, 1.807) is 31.2 Å². The van der Waals surface area contributed by atoms with Gasteiger partial charge in [0.2, 0.25) is 10.0 Å². The molecule has 0 aliphatic carbocycles. The summed E-state index contributed by atoms with van der Waals surface area (Å²) in [5.74, 6) is -1.14. The smallest absolute Gasteiger partial charge is 0.261 e. The molecule has 2 aliphatic rings. The maximum Gasteiger partial charge on any atom is 0.261 e. The van der Waals surface area contributed by atoms with E-state index in [2.05, 4.69) is 0 Å². The lowest BCUT2D eigenvalue weighted by atomic mass is 10.1. The molecule has 7 nitrogen and oxygen atoms in total. The number of morpholine rings is 1. The molecular formula is C15H18N2O5S. The van der Waals surface area contributed by atoms with Crippen molar-refractivity contribution in [2.24, 2.45) is 0 Å². The van der Waals surface area contributed by atoms with Gasteiger partial charge in [-0.3, -0.25) is 14.5 Å². The van der Waals surface area contributed by atoms with Crippen molar-refractivity contribution < 1.29 is 22.7 Å². The normalized spacial score (nSPS) is 22.5. The molecule has 3 rings (SSSR count). The van der Waals surface area contributed by atoms with E-state index in [9.17, 15) is 18.0 Å². The second-order valence-electron chi connectivity index (χ2n) is 5.66. The Kier molecular flexibility index (Phi) is 4.22. The first-order valence-corrected chi connectivity index (χ1v) is 9.05. The Morgan fingerprint density at radius 3 is 2.35 bits per heavy atom. The van der Waals surface area contributed by atoms with Crippen LogP contribution < -0.4 is 0 Å². The molecule has 2 amide bonds. The van der Waals surface area contributed by atoms with Gasteiger partial charge in [-0.25, -0.2) is 8.42 Å². The average Bonchev–Trinajstić information content (AvgIpc) is 2.78. The van der Waals surface area contributed by atoms with E-state index in [4.69, 9.17) is 4.74 Å². The Bertz CT molecular complexity index is 711. The van der Waals surface area contributed by atoms with Crippen molar-refractivity contribution in [3.05, 3.63) is 35.4 Å². The summed E-state index contributed by atoms with van der Waals surface area (Å²) < 4.78 is 31.5. The Morgan fingerprint density at radius 2 is 1.78 bits per heavy atom. The number of amides is 2. The van der Waals surface area contributed by atoms with Crippen LogP contribution in [0.25, 0.3) is 0 Å². The molecule has 1 aromatic carbocycles. The number of hydrogen-bond acceptors (Lipinski definition) is 5. The lowest BCUT2D eigenvalue weighted by Crippen LogP contribution is -2.49. The van der Waals surface area contributed by atoms with Crippen molar-refractivity contribution in [2.75, 3.05) is 32.1 Å². The largest absolute Gasteiger partial charge is 0.378 e. The highest BCUT2D eigenvalue weighted by molar-refractivity contribution is 7.89. The maximum atomic E-state index is 12.5. The zero-order valence-electron chi connectivity index (χ0n) is 12.8. The highest BCUT2D eigenvalue weighted by Crippen LogP contribution is 2.22. The summed E-state index contributed by atoms with van der Waals surface area (Å²) in [7, 11) is -3.55. The fourth-order valence-corrected chi connectivity index (χ4v) is 4.50. The third-order valence-corrected chi connectivity index (χ3v) is 6.07. The molecule has 1 aromatic rings. The molecule has 23 heavy (non-hydrogen) atoms. The number of sulfonamides is 1. The zero-order valence-corrected chi connectivity index (χ0v) is 13.6. The summed E-state index contributed by atoms with van der Waals surface area (Å²) in [6.45, 7) is 2.64. The summed E-state index contributed by atoms with van der Waals surface area (Å²) in [6, 6.07) is 6.28. The number of imide groups is 1. The van der Waals surface area contributed by atoms with Crippen LogP contribution in [0.2, 0.25) is 0 Å². The van der Waals surface area contributed by atoms with Crippen LogP contribution in [0, 0.1) is 0 Å². The first-order chi connectivity index (χ1) is 10.9. The van der Waals surface area contributed by atoms with Crippen LogP contribution in [0.5, 0.6) is 0 Å². The lowest BCUT2D eigenvalue weighted by molar-refractivity contribution is 0.0391. The predicted octanol–water partition coefficient (Wildman–Crippen LogP) is 0.333. The summed E-state index contributed by atoms with van der Waals surface area (Å²) in [5, 5.41) is 0. The molecule has 124 valence electrons. The van der Waals surface area contributed by atoms with Gasteiger partial charge in [-0.05, 0) is 19.1 Å². The maximum absolute atomic E-state index is 12.5. The Balaban J connectivity index is 1.72. The van der Waals surface area contributed by atoms with Crippen LogP contribution in [0.1, 0.15) is 27.6 Å². The van der Waals surface area contributed by atoms with Crippen LogP contribution in [0.4, 0.5) is 0 Å². The third kappa shape index (κ3) is 2.89. The Morgan fingerprint density at radius 1 is 1.17 bits per heavy atom. The number of fused-ring (bicyclic) bond motifs is 1. The number of hydrogen-bond donors (Lipinski definition) is 0. The van der Waals surface area contributed by atoms with Crippen LogP contribution in [-0.2, 0) is 14.8 Å². The summed E-state index contributed by atoms with van der Waals surface area (Å²) >= 11 is 0. The van der Waals surface area contributed by atoms with E-state index >= 15 is 0 Å². The van der Waals surface area contributed by atoms with E-state index in [1.807, 2.05) is 0 Å². The number of carbonyl (C=O) groups is 2. The van der Waals surface area contributed by atoms with Crippen molar-refractivity contribution in [1.82, 2.24) is 9.21 Å². The first-order valence-electron chi connectivity index (χ1n) is 7.44. The molecular weight excluding hydrogens is 320 g/mol. The predicted molar refractivity (Wildman–Crippen MR) is 82.6 cm³/mol. The van der Waals surface area contributed by atoms with E-state index in [1.165, 1.54) is 4.31 Å². The van der Waals surface area contributed by atoms with Crippen molar-refractivity contribution in [3.63, 3.8) is 0 Å². The fraction of sp³-hybridized carbons (Fsp3) is 0.467. The summed E-state index contributed by atoms with van der Waals surface area (Å²) in [6.07, 6.45) is 0. The van der Waals surface area contributed by atoms with Crippen molar-refractivity contribution in [3.8, 4) is 0 Å². The molecule has 1 fully saturated rings. The van der Waals surface area contributed by atoms with Gasteiger partial charge in [0.1, 0.15) is 0 Å². The zero-order chi connectivity index (χ0) is 16.6. The quantitative estimate of drug-likeness (QED) is 0.739. The minimum Gasteiger partial charge on any atom is -0.378 e. The topological polar surface area (TPSA) is 84.0 Å². The molecule has 0 radical (unpaired) electrons. The van der Waals surface area contributed by atoms with E-state index in [0.717, 1.165) is 4.90 Å². The molecule has 0 spiro atoms. The highest BCUT2D eigenvalue weighted by Gasteiger charge is 2.37. The van der Waals surface area contributed by atoms with Gasteiger partial charge < -0.3 is 4.74 Å². The van der Waals surface area contributed by atoms with E-state index in [-0.39, 0.29) is 18.3 Å². The number of benzene rings is 1. The lowest BCUT2D eigenvalue weighted by Gasteiger charge is -2.32. The number of ether oxygens (including phenoxy) is 1. The second-order valence-corrected chi connectivity index (χ2v) is 7.70. The van der Waals surface area contributed by atoms with Crippen LogP contribution in [0.3, 0.4) is 0 Å². The fourth-order valence-electron chi connectivity index (χ4n) is 2.89. The molecule has 0 aromatic heterocycles. The molecule has 0 N–H and O–H groups in total. The van der Waals surface area contributed by atoms with Gasteiger partial charge in [-0.1, -0.05) is 12.1 Å². The van der Waals surface area contributed by atoms with Crippen LogP contribution in [0.15, 0.2) is 24.3 Å². The number of nitrogens with zero attached hydrogens (tertiary/aromatic N) is 2.